The summed E-state index contributed by atoms with van der Waals surface area (Å²) in [6.45, 7) is 0.761. The highest BCUT2D eigenvalue weighted by Crippen LogP contribution is 2.20. The van der Waals surface area contributed by atoms with E-state index in [-0.39, 0.29) is 23.5 Å². The van der Waals surface area contributed by atoms with E-state index in [1.165, 1.54) is 0 Å². The summed E-state index contributed by atoms with van der Waals surface area (Å²) in [5.41, 5.74) is 0. The summed E-state index contributed by atoms with van der Waals surface area (Å²) in [6, 6.07) is 0. The lowest BCUT2D eigenvalue weighted by Crippen LogP contribution is -2.18. The fraction of sp³-hybridized carbons (Fsp3) is 0.800. The zero-order chi connectivity index (χ0) is 18.8. The first-order valence-corrected chi connectivity index (χ1v) is 9.98. The molecule has 0 spiro atoms. The summed E-state index contributed by atoms with van der Waals surface area (Å²) in [4.78, 5) is 46.4. The largest absolute Gasteiger partial charge is 0.465 e. The molecule has 2 saturated heterocycles. The molecule has 6 heteroatoms. The highest BCUT2D eigenvalue weighted by molar-refractivity contribution is 6.00. The van der Waals surface area contributed by atoms with Crippen LogP contribution in [0.1, 0.15) is 77.0 Å². The Balaban J connectivity index is 1.38. The van der Waals surface area contributed by atoms with E-state index in [1.54, 1.807) is 0 Å². The summed E-state index contributed by atoms with van der Waals surface area (Å²) in [5.74, 6) is -1.66. The van der Waals surface area contributed by atoms with Gasteiger partial charge in [-0.05, 0) is 12.8 Å². The molecule has 0 aliphatic carbocycles. The van der Waals surface area contributed by atoms with E-state index in [4.69, 9.17) is 9.47 Å². The number of rotatable bonds is 13. The van der Waals surface area contributed by atoms with Crippen LogP contribution in [-0.2, 0) is 28.7 Å². The van der Waals surface area contributed by atoms with Gasteiger partial charge in [0.2, 0.25) is 0 Å². The summed E-state index contributed by atoms with van der Waals surface area (Å²) in [6.07, 6.45) is 10.2. The zero-order valence-electron chi connectivity index (χ0n) is 15.5. The number of unbranched alkanes of at least 4 members (excludes halogenated alkanes) is 7. The highest BCUT2D eigenvalue weighted by Gasteiger charge is 2.33. The van der Waals surface area contributed by atoms with Crippen LogP contribution in [0, 0.1) is 11.8 Å². The highest BCUT2D eigenvalue weighted by atomic mass is 16.5. The van der Waals surface area contributed by atoms with Crippen molar-refractivity contribution in [3.8, 4) is 0 Å². The van der Waals surface area contributed by atoms with Crippen molar-refractivity contribution in [3.63, 3.8) is 0 Å². The van der Waals surface area contributed by atoms with Gasteiger partial charge in [-0.2, -0.15) is 0 Å². The monoisotopic (exact) mass is 366 g/mol. The average Bonchev–Trinajstić information content (AvgIpc) is 3.24. The summed E-state index contributed by atoms with van der Waals surface area (Å²) < 4.78 is 9.65. The van der Waals surface area contributed by atoms with Gasteiger partial charge in [0.05, 0.1) is 13.2 Å². The smallest absolute Gasteiger partial charge is 0.316 e. The molecule has 0 bridgehead atoms. The van der Waals surface area contributed by atoms with Gasteiger partial charge in [0.25, 0.3) is 0 Å². The second-order valence-electron chi connectivity index (χ2n) is 7.28. The van der Waals surface area contributed by atoms with Crippen molar-refractivity contribution in [2.24, 2.45) is 11.8 Å². The van der Waals surface area contributed by atoms with Crippen LogP contribution in [0.4, 0.5) is 0 Å². The molecule has 2 rings (SSSR count). The third-order valence-electron chi connectivity index (χ3n) is 5.24. The van der Waals surface area contributed by atoms with Gasteiger partial charge < -0.3 is 9.47 Å². The van der Waals surface area contributed by atoms with Crippen LogP contribution in [0.5, 0.6) is 0 Å². The molecule has 0 aromatic carbocycles. The lowest BCUT2D eigenvalue weighted by molar-refractivity contribution is -0.146. The standard InChI is InChI=1S/C20H30O6/c21-17(15-11-13-25-19(15)23)9-7-5-3-1-2-4-6-8-10-18(22)16-12-14-26-20(16)24/h15-16H,1-14H2. The zero-order valence-corrected chi connectivity index (χ0v) is 15.5. The molecule has 2 unspecified atom stereocenters. The summed E-state index contributed by atoms with van der Waals surface area (Å²) in [5, 5.41) is 0. The van der Waals surface area contributed by atoms with Gasteiger partial charge in [0.1, 0.15) is 23.4 Å². The number of carbonyl (C=O) groups excluding carboxylic acids is 4. The molecule has 0 aromatic heterocycles. The predicted molar refractivity (Wildman–Crippen MR) is 94.3 cm³/mol. The predicted octanol–water partition coefficient (Wildman–Crippen LogP) is 3.15. The Bertz CT molecular complexity index is 466. The molecule has 0 amide bonds. The molecule has 2 heterocycles. The van der Waals surface area contributed by atoms with Gasteiger partial charge in [-0.1, -0.05) is 38.5 Å². The number of hydrogen-bond acceptors (Lipinski definition) is 6. The van der Waals surface area contributed by atoms with Gasteiger partial charge in [-0.3, -0.25) is 19.2 Å². The minimum Gasteiger partial charge on any atom is -0.465 e. The molecule has 6 nitrogen and oxygen atoms in total. The van der Waals surface area contributed by atoms with Gasteiger partial charge >= 0.3 is 11.9 Å². The minimum absolute atomic E-state index is 0.0308. The molecule has 0 aromatic rings. The quantitative estimate of drug-likeness (QED) is 0.283. The number of cyclic esters (lactones) is 2. The maximum absolute atomic E-state index is 11.9. The van der Waals surface area contributed by atoms with Gasteiger partial charge in [0, 0.05) is 25.7 Å². The summed E-state index contributed by atoms with van der Waals surface area (Å²) >= 11 is 0. The van der Waals surface area contributed by atoms with Crippen molar-refractivity contribution in [3.05, 3.63) is 0 Å². The number of Topliss-reactive ketones (excluding diaryl/α,β-unsaturated/α-hetero) is 2. The molecule has 0 N–H and O–H groups in total. The van der Waals surface area contributed by atoms with Crippen LogP contribution < -0.4 is 0 Å². The topological polar surface area (TPSA) is 86.7 Å². The maximum atomic E-state index is 11.9. The van der Waals surface area contributed by atoms with Crippen molar-refractivity contribution in [2.75, 3.05) is 13.2 Å². The second-order valence-corrected chi connectivity index (χ2v) is 7.28. The normalized spacial score (nSPS) is 22.3. The Morgan fingerprint density at radius 2 is 1.00 bits per heavy atom. The molecular weight excluding hydrogens is 336 g/mol. The van der Waals surface area contributed by atoms with E-state index >= 15 is 0 Å². The van der Waals surface area contributed by atoms with E-state index in [9.17, 15) is 19.2 Å². The van der Waals surface area contributed by atoms with E-state index in [0.29, 0.717) is 38.9 Å². The maximum Gasteiger partial charge on any atom is 0.316 e. The van der Waals surface area contributed by atoms with E-state index in [0.717, 1.165) is 51.4 Å². The van der Waals surface area contributed by atoms with Crippen LogP contribution in [0.25, 0.3) is 0 Å². The Morgan fingerprint density at radius 3 is 1.31 bits per heavy atom. The fourth-order valence-electron chi connectivity index (χ4n) is 3.58. The van der Waals surface area contributed by atoms with Crippen molar-refractivity contribution in [1.82, 2.24) is 0 Å². The first-order valence-electron chi connectivity index (χ1n) is 9.98. The SMILES string of the molecule is O=C(CCCCCCCCCCC(=O)C1CCOC1=O)C1CCOC1=O. The number of carbonyl (C=O) groups is 4. The van der Waals surface area contributed by atoms with Gasteiger partial charge in [0.15, 0.2) is 0 Å². The molecule has 2 fully saturated rings. The van der Waals surface area contributed by atoms with Crippen LogP contribution in [-0.4, -0.2) is 36.7 Å². The Kier molecular flexibility index (Phi) is 8.78. The average molecular weight is 366 g/mol. The number of ketones is 2. The molecule has 2 aliphatic rings. The third kappa shape index (κ3) is 6.54. The van der Waals surface area contributed by atoms with Crippen LogP contribution in [0.3, 0.4) is 0 Å². The molecule has 26 heavy (non-hydrogen) atoms. The van der Waals surface area contributed by atoms with E-state index in [1.807, 2.05) is 0 Å². The molecular formula is C20H30O6. The molecule has 2 aliphatic heterocycles. The third-order valence-corrected chi connectivity index (χ3v) is 5.24. The fourth-order valence-corrected chi connectivity index (χ4v) is 3.58. The van der Waals surface area contributed by atoms with Gasteiger partial charge in [-0.15, -0.1) is 0 Å². The van der Waals surface area contributed by atoms with E-state index in [2.05, 4.69) is 0 Å². The molecule has 2 atom stereocenters. The first-order chi connectivity index (χ1) is 12.6. The summed E-state index contributed by atoms with van der Waals surface area (Å²) in [7, 11) is 0. The van der Waals surface area contributed by atoms with Crippen molar-refractivity contribution < 1.29 is 28.7 Å². The van der Waals surface area contributed by atoms with Crippen LogP contribution in [0.2, 0.25) is 0 Å². The number of ether oxygens (including phenoxy) is 2. The Labute approximate surface area is 155 Å². The Hall–Kier alpha value is -1.72. The molecule has 0 radical (unpaired) electrons. The molecule has 146 valence electrons. The first kappa shape index (κ1) is 20.6. The second kappa shape index (κ2) is 11.1. The van der Waals surface area contributed by atoms with Crippen molar-refractivity contribution >= 4 is 23.5 Å². The van der Waals surface area contributed by atoms with Crippen molar-refractivity contribution in [1.29, 1.82) is 0 Å². The van der Waals surface area contributed by atoms with Crippen LogP contribution in [0.15, 0.2) is 0 Å². The van der Waals surface area contributed by atoms with Crippen LogP contribution >= 0.6 is 0 Å². The van der Waals surface area contributed by atoms with Crippen molar-refractivity contribution in [2.45, 2.75) is 77.0 Å². The molecule has 0 saturated carbocycles. The van der Waals surface area contributed by atoms with E-state index < -0.39 is 11.8 Å². The minimum atomic E-state index is -0.510. The number of hydrogen-bond donors (Lipinski definition) is 0. The van der Waals surface area contributed by atoms with Gasteiger partial charge in [-0.25, -0.2) is 0 Å². The number of esters is 2. The lowest BCUT2D eigenvalue weighted by atomic mass is 9.96. The Morgan fingerprint density at radius 1 is 0.654 bits per heavy atom. The lowest BCUT2D eigenvalue weighted by Gasteiger charge is -2.06.